The molecule has 0 bridgehead atoms. The van der Waals surface area contributed by atoms with Gasteiger partial charge in [-0.25, -0.2) is 0 Å². The number of carbonyl (C=O) groups excluding carboxylic acids is 1. The molecule has 1 unspecified atom stereocenters. The molecule has 0 saturated carbocycles. The molecule has 3 heteroatoms. The number of unbranched alkanes of at least 4 members (excludes halogenated alkanes) is 9. The lowest BCUT2D eigenvalue weighted by Crippen LogP contribution is -2.14. The molecule has 0 aliphatic carbocycles. The van der Waals surface area contributed by atoms with Gasteiger partial charge in [0.1, 0.15) is 6.04 Å². The van der Waals surface area contributed by atoms with Crippen molar-refractivity contribution in [3.8, 4) is 0 Å². The van der Waals surface area contributed by atoms with E-state index in [1.54, 1.807) is 0 Å². The fourth-order valence-electron chi connectivity index (χ4n) is 2.09. The molecule has 0 radical (unpaired) electrons. The first kappa shape index (κ1) is 15.5. The zero-order valence-corrected chi connectivity index (χ0v) is 11.9. The SMILES string of the molecule is CCCCCCCCCCCCOC(=O)C1CN1. The first-order chi connectivity index (χ1) is 8.84. The molecule has 1 fully saturated rings. The van der Waals surface area contributed by atoms with Crippen molar-refractivity contribution in [1.29, 1.82) is 0 Å². The highest BCUT2D eigenvalue weighted by Gasteiger charge is 2.29. The summed E-state index contributed by atoms with van der Waals surface area (Å²) in [6, 6.07) is 0.00752. The van der Waals surface area contributed by atoms with E-state index in [2.05, 4.69) is 12.2 Å². The smallest absolute Gasteiger partial charge is 0.324 e. The Bertz CT molecular complexity index is 215. The molecule has 0 aromatic heterocycles. The summed E-state index contributed by atoms with van der Waals surface area (Å²) in [4.78, 5) is 11.2. The standard InChI is InChI=1S/C15H29NO2/c1-2-3-4-5-6-7-8-9-10-11-12-18-15(17)14-13-16-14/h14,16H,2-13H2,1H3. The van der Waals surface area contributed by atoms with Gasteiger partial charge < -0.3 is 10.1 Å². The van der Waals surface area contributed by atoms with E-state index in [4.69, 9.17) is 4.74 Å². The van der Waals surface area contributed by atoms with E-state index in [0.717, 1.165) is 13.0 Å². The number of hydrogen-bond acceptors (Lipinski definition) is 3. The lowest BCUT2D eigenvalue weighted by Gasteiger charge is -2.04. The molecular formula is C15H29NO2. The van der Waals surface area contributed by atoms with Crippen LogP contribution in [-0.4, -0.2) is 25.2 Å². The minimum atomic E-state index is -0.0640. The lowest BCUT2D eigenvalue weighted by atomic mass is 10.1. The monoisotopic (exact) mass is 255 g/mol. The Kier molecular flexibility index (Phi) is 8.92. The summed E-state index contributed by atoms with van der Waals surface area (Å²) in [6.45, 7) is 3.66. The number of ether oxygens (including phenoxy) is 1. The lowest BCUT2D eigenvalue weighted by molar-refractivity contribution is -0.143. The minimum Gasteiger partial charge on any atom is -0.464 e. The maximum absolute atomic E-state index is 11.2. The molecule has 1 atom stereocenters. The predicted octanol–water partition coefficient (Wildman–Crippen LogP) is 3.42. The Balaban J connectivity index is 1.69. The van der Waals surface area contributed by atoms with E-state index in [1.165, 1.54) is 57.8 Å². The van der Waals surface area contributed by atoms with Crippen LogP contribution in [0.3, 0.4) is 0 Å². The molecule has 1 heterocycles. The minimum absolute atomic E-state index is 0.00752. The van der Waals surface area contributed by atoms with Crippen molar-refractivity contribution in [1.82, 2.24) is 5.32 Å². The van der Waals surface area contributed by atoms with Crippen LogP contribution in [0.4, 0.5) is 0 Å². The van der Waals surface area contributed by atoms with Crippen LogP contribution in [-0.2, 0) is 9.53 Å². The Morgan fingerprint density at radius 1 is 1.00 bits per heavy atom. The van der Waals surface area contributed by atoms with Crippen molar-refractivity contribution in [3.05, 3.63) is 0 Å². The van der Waals surface area contributed by atoms with Crippen LogP contribution in [0.1, 0.15) is 71.1 Å². The quantitative estimate of drug-likeness (QED) is 0.330. The van der Waals surface area contributed by atoms with Crippen LogP contribution in [0, 0.1) is 0 Å². The molecule has 1 saturated heterocycles. The van der Waals surface area contributed by atoms with Crippen molar-refractivity contribution >= 4 is 5.97 Å². The zero-order valence-electron chi connectivity index (χ0n) is 11.9. The van der Waals surface area contributed by atoms with Gasteiger partial charge in [-0.15, -0.1) is 0 Å². The Labute approximate surface area is 112 Å². The molecule has 3 nitrogen and oxygen atoms in total. The van der Waals surface area contributed by atoms with Gasteiger partial charge >= 0.3 is 5.97 Å². The summed E-state index contributed by atoms with van der Waals surface area (Å²) in [5.74, 6) is -0.0640. The number of rotatable bonds is 12. The Morgan fingerprint density at radius 3 is 2.00 bits per heavy atom. The molecule has 0 aromatic rings. The van der Waals surface area contributed by atoms with Crippen LogP contribution in [0.25, 0.3) is 0 Å². The third kappa shape index (κ3) is 8.51. The summed E-state index contributed by atoms with van der Waals surface area (Å²) in [7, 11) is 0. The molecule has 106 valence electrons. The van der Waals surface area contributed by atoms with E-state index >= 15 is 0 Å². The molecule has 1 aliphatic heterocycles. The van der Waals surface area contributed by atoms with Crippen molar-refractivity contribution in [2.24, 2.45) is 0 Å². The highest BCUT2D eigenvalue weighted by Crippen LogP contribution is 2.10. The van der Waals surface area contributed by atoms with E-state index < -0.39 is 0 Å². The molecule has 1 aliphatic rings. The summed E-state index contributed by atoms with van der Waals surface area (Å²) in [5.41, 5.74) is 0. The van der Waals surface area contributed by atoms with Crippen LogP contribution >= 0.6 is 0 Å². The van der Waals surface area contributed by atoms with Gasteiger partial charge in [-0.1, -0.05) is 64.7 Å². The normalized spacial score (nSPS) is 17.7. The maximum Gasteiger partial charge on any atom is 0.324 e. The van der Waals surface area contributed by atoms with E-state index in [-0.39, 0.29) is 12.0 Å². The van der Waals surface area contributed by atoms with Crippen molar-refractivity contribution in [2.75, 3.05) is 13.2 Å². The van der Waals surface area contributed by atoms with Gasteiger partial charge in [-0.2, -0.15) is 0 Å². The maximum atomic E-state index is 11.2. The summed E-state index contributed by atoms with van der Waals surface area (Å²) in [5, 5.41) is 2.95. The molecule has 1 rings (SSSR count). The van der Waals surface area contributed by atoms with E-state index in [1.807, 2.05) is 0 Å². The predicted molar refractivity (Wildman–Crippen MR) is 74.6 cm³/mol. The molecule has 0 amide bonds. The number of hydrogen-bond donors (Lipinski definition) is 1. The van der Waals surface area contributed by atoms with Crippen LogP contribution in [0.5, 0.6) is 0 Å². The fourth-order valence-corrected chi connectivity index (χ4v) is 2.09. The molecule has 1 N–H and O–H groups in total. The number of nitrogens with one attached hydrogen (secondary N) is 1. The second-order valence-corrected chi connectivity index (χ2v) is 5.31. The number of esters is 1. The highest BCUT2D eigenvalue weighted by atomic mass is 16.5. The van der Waals surface area contributed by atoms with Gasteiger partial charge in [0.05, 0.1) is 6.61 Å². The Hall–Kier alpha value is -0.570. The average Bonchev–Trinajstić information content (AvgIpc) is 3.20. The zero-order chi connectivity index (χ0) is 13.1. The van der Waals surface area contributed by atoms with Crippen molar-refractivity contribution < 1.29 is 9.53 Å². The second kappa shape index (κ2) is 10.4. The summed E-state index contributed by atoms with van der Waals surface area (Å²) >= 11 is 0. The first-order valence-electron chi connectivity index (χ1n) is 7.74. The van der Waals surface area contributed by atoms with Crippen LogP contribution < -0.4 is 5.32 Å². The van der Waals surface area contributed by atoms with E-state index in [0.29, 0.717) is 6.61 Å². The summed E-state index contributed by atoms with van der Waals surface area (Å²) in [6.07, 6.45) is 13.1. The molecule has 18 heavy (non-hydrogen) atoms. The topological polar surface area (TPSA) is 48.2 Å². The molecule has 0 aromatic carbocycles. The van der Waals surface area contributed by atoms with Gasteiger partial charge in [0.25, 0.3) is 0 Å². The van der Waals surface area contributed by atoms with Gasteiger partial charge in [-0.05, 0) is 6.42 Å². The van der Waals surface area contributed by atoms with Gasteiger partial charge in [0.15, 0.2) is 0 Å². The Morgan fingerprint density at radius 2 is 1.50 bits per heavy atom. The van der Waals surface area contributed by atoms with Crippen molar-refractivity contribution in [2.45, 2.75) is 77.2 Å². The highest BCUT2D eigenvalue weighted by molar-refractivity contribution is 5.78. The second-order valence-electron chi connectivity index (χ2n) is 5.31. The van der Waals surface area contributed by atoms with E-state index in [9.17, 15) is 4.79 Å². The third-order valence-electron chi connectivity index (χ3n) is 3.43. The van der Waals surface area contributed by atoms with Crippen molar-refractivity contribution in [3.63, 3.8) is 0 Å². The number of carbonyl (C=O) groups is 1. The largest absolute Gasteiger partial charge is 0.464 e. The molecular weight excluding hydrogens is 226 g/mol. The third-order valence-corrected chi connectivity index (χ3v) is 3.43. The van der Waals surface area contributed by atoms with Crippen LogP contribution in [0.2, 0.25) is 0 Å². The van der Waals surface area contributed by atoms with Crippen LogP contribution in [0.15, 0.2) is 0 Å². The van der Waals surface area contributed by atoms with Gasteiger partial charge in [0.2, 0.25) is 0 Å². The average molecular weight is 255 g/mol. The van der Waals surface area contributed by atoms with Gasteiger partial charge in [0, 0.05) is 6.54 Å². The summed E-state index contributed by atoms with van der Waals surface area (Å²) < 4.78 is 5.14. The fraction of sp³-hybridized carbons (Fsp3) is 0.933. The molecule has 0 spiro atoms. The van der Waals surface area contributed by atoms with Gasteiger partial charge in [-0.3, -0.25) is 4.79 Å². The first-order valence-corrected chi connectivity index (χ1v) is 7.74.